The molecule has 2 bridgehead atoms. The molecule has 200 valence electrons. The summed E-state index contributed by atoms with van der Waals surface area (Å²) in [6, 6.07) is 9.14. The van der Waals surface area contributed by atoms with Gasteiger partial charge in [-0.2, -0.15) is 0 Å². The maximum Gasteiger partial charge on any atom is 0.407 e. The minimum Gasteiger partial charge on any atom is -0.460 e. The lowest BCUT2D eigenvalue weighted by Gasteiger charge is -2.46. The van der Waals surface area contributed by atoms with E-state index >= 15 is 0 Å². The van der Waals surface area contributed by atoms with Crippen molar-refractivity contribution in [3.8, 4) is 0 Å². The first-order chi connectivity index (χ1) is 17.2. The number of ether oxygens (including phenoxy) is 5. The molecule has 1 saturated carbocycles. The van der Waals surface area contributed by atoms with Crippen molar-refractivity contribution in [1.29, 1.82) is 0 Å². The van der Waals surface area contributed by atoms with Crippen LogP contribution in [0.15, 0.2) is 30.3 Å². The van der Waals surface area contributed by atoms with Crippen LogP contribution in [0, 0.1) is 10.8 Å². The highest BCUT2D eigenvalue weighted by molar-refractivity contribution is 5.71. The molecular formula is C28H41NO7. The van der Waals surface area contributed by atoms with Gasteiger partial charge in [-0.15, -0.1) is 0 Å². The van der Waals surface area contributed by atoms with Crippen LogP contribution in [-0.2, 0) is 35.1 Å². The molecule has 8 nitrogen and oxygen atoms in total. The average Bonchev–Trinajstić information content (AvgIpc) is 2.86. The average molecular weight is 504 g/mol. The van der Waals surface area contributed by atoms with Crippen molar-refractivity contribution >= 4 is 12.1 Å². The largest absolute Gasteiger partial charge is 0.460 e. The Morgan fingerprint density at radius 2 is 1.94 bits per heavy atom. The summed E-state index contributed by atoms with van der Waals surface area (Å²) in [5.74, 6) is -0.195. The van der Waals surface area contributed by atoms with Crippen LogP contribution in [0.1, 0.15) is 64.9 Å². The van der Waals surface area contributed by atoms with E-state index in [1.807, 2.05) is 37.3 Å². The SMILES string of the molecule is C[C@@H](OCC12CCC(CC1)OC2)[C@@H](COCC1CC(C)(C)CC(=O)O1)NC(=O)OCc1ccccc1. The quantitative estimate of drug-likeness (QED) is 0.448. The molecule has 4 aliphatic rings. The molecule has 1 N–H and O–H groups in total. The van der Waals surface area contributed by atoms with Crippen molar-refractivity contribution in [2.24, 2.45) is 10.8 Å². The second-order valence-electron chi connectivity index (χ2n) is 11.5. The fourth-order valence-electron chi connectivity index (χ4n) is 5.40. The Kier molecular flexibility index (Phi) is 8.91. The zero-order valence-electron chi connectivity index (χ0n) is 21.8. The lowest BCUT2D eigenvalue weighted by Crippen LogP contribution is -2.50. The molecule has 1 aromatic rings. The van der Waals surface area contributed by atoms with Crippen molar-refractivity contribution in [2.75, 3.05) is 26.4 Å². The number of amides is 1. The van der Waals surface area contributed by atoms with Crippen LogP contribution in [0.5, 0.6) is 0 Å². The summed E-state index contributed by atoms with van der Waals surface area (Å²) < 4.78 is 29.1. The van der Waals surface area contributed by atoms with Gasteiger partial charge in [-0.05, 0) is 50.0 Å². The maximum absolute atomic E-state index is 12.6. The molecule has 1 aromatic carbocycles. The van der Waals surface area contributed by atoms with Gasteiger partial charge >= 0.3 is 12.1 Å². The van der Waals surface area contributed by atoms with E-state index in [1.165, 1.54) is 0 Å². The Balaban J connectivity index is 1.30. The molecule has 1 amide bonds. The van der Waals surface area contributed by atoms with Crippen LogP contribution in [0.4, 0.5) is 4.79 Å². The Morgan fingerprint density at radius 3 is 2.61 bits per heavy atom. The first-order valence-corrected chi connectivity index (χ1v) is 13.2. The molecular weight excluding hydrogens is 462 g/mol. The Labute approximate surface area is 214 Å². The minimum absolute atomic E-state index is 0.0596. The van der Waals surface area contributed by atoms with Crippen LogP contribution in [0.3, 0.4) is 0 Å². The van der Waals surface area contributed by atoms with Crippen LogP contribution < -0.4 is 5.32 Å². The summed E-state index contributed by atoms with van der Waals surface area (Å²) in [6.07, 6.45) is 4.85. The van der Waals surface area contributed by atoms with Gasteiger partial charge in [0.2, 0.25) is 0 Å². The standard InChI is InChI=1S/C28H41NO7/c1-20(34-18-28-11-9-22(10-12-28)35-19-28)24(29-26(31)33-15-21-7-5-4-6-8-21)17-32-16-23-13-27(2,3)14-25(30)36-23/h4-8,20,22-24H,9-19H2,1-3H3,(H,29,31)/t20-,22?,23?,24-,28?/m1/s1. The lowest BCUT2D eigenvalue weighted by atomic mass is 9.72. The number of rotatable bonds is 11. The number of fused-ring (bicyclic) bond motifs is 3. The fraction of sp³-hybridized carbons (Fsp3) is 0.714. The predicted octanol–water partition coefficient (Wildman–Crippen LogP) is 4.39. The number of nitrogens with one attached hydrogen (secondary N) is 1. The van der Waals surface area contributed by atoms with Gasteiger partial charge in [0, 0.05) is 5.41 Å². The number of hydrogen-bond donors (Lipinski definition) is 1. The number of alkyl carbamates (subject to hydrolysis) is 1. The summed E-state index contributed by atoms with van der Waals surface area (Å²) in [5, 5.41) is 2.93. The molecule has 3 heterocycles. The Bertz CT molecular complexity index is 852. The first-order valence-electron chi connectivity index (χ1n) is 13.2. The van der Waals surface area contributed by atoms with Crippen LogP contribution >= 0.6 is 0 Å². The van der Waals surface area contributed by atoms with E-state index in [-0.39, 0.29) is 48.8 Å². The third-order valence-electron chi connectivity index (χ3n) is 7.66. The predicted molar refractivity (Wildman–Crippen MR) is 133 cm³/mol. The molecule has 3 atom stereocenters. The monoisotopic (exact) mass is 503 g/mol. The van der Waals surface area contributed by atoms with Crippen molar-refractivity contribution < 1.29 is 33.3 Å². The molecule has 1 unspecified atom stereocenters. The third-order valence-corrected chi connectivity index (χ3v) is 7.66. The topological polar surface area (TPSA) is 92.3 Å². The highest BCUT2D eigenvalue weighted by atomic mass is 16.6. The summed E-state index contributed by atoms with van der Waals surface area (Å²) in [6.45, 7) is 8.08. The summed E-state index contributed by atoms with van der Waals surface area (Å²) in [4.78, 5) is 24.6. The molecule has 5 rings (SSSR count). The highest BCUT2D eigenvalue weighted by Crippen LogP contribution is 2.43. The number of carbonyl (C=O) groups is 2. The number of cyclic esters (lactones) is 1. The van der Waals surface area contributed by atoms with Crippen LogP contribution in [0.2, 0.25) is 0 Å². The molecule has 1 aliphatic carbocycles. The lowest BCUT2D eigenvalue weighted by molar-refractivity contribution is -0.166. The van der Waals surface area contributed by atoms with Crippen molar-refractivity contribution in [3.63, 3.8) is 0 Å². The fourth-order valence-corrected chi connectivity index (χ4v) is 5.40. The van der Waals surface area contributed by atoms with E-state index in [4.69, 9.17) is 23.7 Å². The van der Waals surface area contributed by atoms with Crippen LogP contribution in [0.25, 0.3) is 0 Å². The first kappa shape index (κ1) is 26.9. The highest BCUT2D eigenvalue weighted by Gasteiger charge is 2.42. The molecule has 0 aromatic heterocycles. The van der Waals surface area contributed by atoms with Gasteiger partial charge in [0.1, 0.15) is 12.7 Å². The Morgan fingerprint density at radius 1 is 1.19 bits per heavy atom. The van der Waals surface area contributed by atoms with E-state index < -0.39 is 12.1 Å². The van der Waals surface area contributed by atoms with E-state index in [1.54, 1.807) is 0 Å². The summed E-state index contributed by atoms with van der Waals surface area (Å²) >= 11 is 0. The van der Waals surface area contributed by atoms with Gasteiger partial charge in [0.05, 0.1) is 51.1 Å². The van der Waals surface area contributed by atoms with Crippen molar-refractivity contribution in [1.82, 2.24) is 5.32 Å². The number of carbonyl (C=O) groups excluding carboxylic acids is 2. The zero-order valence-corrected chi connectivity index (χ0v) is 21.8. The van der Waals surface area contributed by atoms with E-state index in [2.05, 4.69) is 19.2 Å². The maximum atomic E-state index is 12.6. The third kappa shape index (κ3) is 7.67. The molecule has 3 aliphatic heterocycles. The summed E-state index contributed by atoms with van der Waals surface area (Å²) in [7, 11) is 0. The second-order valence-corrected chi connectivity index (χ2v) is 11.5. The van der Waals surface area contributed by atoms with E-state index in [0.29, 0.717) is 19.1 Å². The smallest absolute Gasteiger partial charge is 0.407 e. The molecule has 0 spiro atoms. The van der Waals surface area contributed by atoms with Crippen molar-refractivity contribution in [3.05, 3.63) is 35.9 Å². The number of hydrogen-bond acceptors (Lipinski definition) is 7. The molecule has 0 radical (unpaired) electrons. The Hall–Kier alpha value is -2.16. The van der Waals surface area contributed by atoms with E-state index in [9.17, 15) is 9.59 Å². The van der Waals surface area contributed by atoms with Gasteiger partial charge in [0.15, 0.2) is 0 Å². The normalized spacial score (nSPS) is 28.7. The minimum atomic E-state index is -0.521. The number of esters is 1. The van der Waals surface area contributed by atoms with Gasteiger partial charge in [-0.1, -0.05) is 44.2 Å². The van der Waals surface area contributed by atoms with Gasteiger partial charge in [0.25, 0.3) is 0 Å². The summed E-state index contributed by atoms with van der Waals surface area (Å²) in [5.41, 5.74) is 0.863. The molecule has 8 heteroatoms. The van der Waals surface area contributed by atoms with Gasteiger partial charge < -0.3 is 29.0 Å². The van der Waals surface area contributed by atoms with Crippen molar-refractivity contribution in [2.45, 2.75) is 90.3 Å². The van der Waals surface area contributed by atoms with E-state index in [0.717, 1.165) is 44.3 Å². The number of benzene rings is 1. The molecule has 4 fully saturated rings. The van der Waals surface area contributed by atoms with Crippen LogP contribution in [-0.4, -0.2) is 62.8 Å². The molecule has 3 saturated heterocycles. The molecule has 36 heavy (non-hydrogen) atoms. The van der Waals surface area contributed by atoms with Gasteiger partial charge in [-0.3, -0.25) is 4.79 Å². The zero-order chi connectivity index (χ0) is 25.6. The van der Waals surface area contributed by atoms with Gasteiger partial charge in [-0.25, -0.2) is 4.79 Å². The second kappa shape index (κ2) is 11.9.